The van der Waals surface area contributed by atoms with Crippen LogP contribution in [0.5, 0.6) is 11.5 Å². The first-order valence-corrected chi connectivity index (χ1v) is 11.3. The van der Waals surface area contributed by atoms with Crippen molar-refractivity contribution >= 4 is 17.7 Å². The summed E-state index contributed by atoms with van der Waals surface area (Å²) in [5, 5.41) is 5.87. The lowest BCUT2D eigenvalue weighted by Crippen LogP contribution is -2.24. The molecular weight excluding hydrogens is 448 g/mol. The van der Waals surface area contributed by atoms with Gasteiger partial charge in [-0.15, -0.1) is 0 Å². The number of benzene rings is 3. The molecule has 1 amide bonds. The lowest BCUT2D eigenvalue weighted by atomic mass is 9.99. The van der Waals surface area contributed by atoms with Crippen LogP contribution in [-0.2, 0) is 22.6 Å². The third kappa shape index (κ3) is 6.24. The molecule has 0 unspecified atom stereocenters. The minimum Gasteiger partial charge on any atom is -0.465 e. The summed E-state index contributed by atoms with van der Waals surface area (Å²) in [6.45, 7) is 3.11. The Morgan fingerprint density at radius 3 is 2.37 bits per heavy atom. The number of nitrogens with one attached hydrogen (secondary N) is 2. The molecule has 8 nitrogen and oxygen atoms in total. The zero-order chi connectivity index (χ0) is 24.6. The number of hydrogen-bond acceptors (Lipinski definition) is 7. The van der Waals surface area contributed by atoms with Crippen LogP contribution in [0.15, 0.2) is 66.7 Å². The Kier molecular flexibility index (Phi) is 7.74. The van der Waals surface area contributed by atoms with E-state index in [-0.39, 0.29) is 31.0 Å². The number of amides is 1. The molecule has 3 aromatic carbocycles. The molecule has 0 fully saturated rings. The predicted octanol–water partition coefficient (Wildman–Crippen LogP) is 3.23. The van der Waals surface area contributed by atoms with Crippen LogP contribution in [0.1, 0.15) is 44.3 Å². The Morgan fingerprint density at radius 1 is 0.829 bits per heavy atom. The van der Waals surface area contributed by atoms with Crippen LogP contribution in [0.25, 0.3) is 0 Å². The molecule has 0 saturated carbocycles. The van der Waals surface area contributed by atoms with Gasteiger partial charge in [0.2, 0.25) is 6.79 Å². The van der Waals surface area contributed by atoms with Crippen molar-refractivity contribution in [3.8, 4) is 11.5 Å². The van der Waals surface area contributed by atoms with E-state index in [4.69, 9.17) is 14.2 Å². The quantitative estimate of drug-likeness (QED) is 0.344. The summed E-state index contributed by atoms with van der Waals surface area (Å²) in [7, 11) is 0. The molecule has 0 radical (unpaired) electrons. The summed E-state index contributed by atoms with van der Waals surface area (Å²) in [5.41, 5.74) is 3.04. The summed E-state index contributed by atoms with van der Waals surface area (Å²) in [6, 6.07) is 19.3. The fraction of sp³-hybridized carbons (Fsp3) is 0.222. The number of ketones is 1. The van der Waals surface area contributed by atoms with Crippen LogP contribution >= 0.6 is 0 Å². The molecule has 35 heavy (non-hydrogen) atoms. The molecule has 1 heterocycles. The van der Waals surface area contributed by atoms with E-state index in [2.05, 4.69) is 10.6 Å². The molecule has 0 spiro atoms. The van der Waals surface area contributed by atoms with Gasteiger partial charge in [0.15, 0.2) is 17.3 Å². The zero-order valence-electron chi connectivity index (χ0n) is 19.3. The summed E-state index contributed by atoms with van der Waals surface area (Å²) in [6.07, 6.45) is 0. The number of carbonyl (C=O) groups excluding carboxylic acids is 3. The highest BCUT2D eigenvalue weighted by atomic mass is 16.7. The Hall–Kier alpha value is -4.17. The molecule has 3 aromatic rings. The largest absolute Gasteiger partial charge is 0.465 e. The molecular formula is C27H26N2O6. The van der Waals surface area contributed by atoms with Gasteiger partial charge in [-0.1, -0.05) is 36.4 Å². The predicted molar refractivity (Wildman–Crippen MR) is 128 cm³/mol. The highest BCUT2D eigenvalue weighted by molar-refractivity contribution is 6.10. The van der Waals surface area contributed by atoms with E-state index < -0.39 is 0 Å². The van der Waals surface area contributed by atoms with Crippen molar-refractivity contribution in [2.24, 2.45) is 0 Å². The van der Waals surface area contributed by atoms with Crippen LogP contribution < -0.4 is 20.1 Å². The molecule has 0 bridgehead atoms. The number of fused-ring (bicyclic) bond motifs is 1. The first-order valence-electron chi connectivity index (χ1n) is 11.3. The monoisotopic (exact) mass is 474 g/mol. The number of hydrogen-bond donors (Lipinski definition) is 2. The van der Waals surface area contributed by atoms with Crippen molar-refractivity contribution in [3.63, 3.8) is 0 Å². The minimum atomic E-state index is -0.326. The van der Waals surface area contributed by atoms with Gasteiger partial charge in [0, 0.05) is 29.8 Å². The molecule has 1 aliphatic rings. The standard InChI is InChI=1S/C27H26N2O6/c1-2-33-25(30)16-28-14-18-5-3-6-20(11-18)26(31)21-7-4-8-22(13-21)27(32)29-15-19-9-10-23-24(12-19)35-17-34-23/h3-13,28H,2,14-17H2,1H3,(H,29,32). The lowest BCUT2D eigenvalue weighted by molar-refractivity contribution is -0.142. The molecule has 2 N–H and O–H groups in total. The normalized spacial score (nSPS) is 11.7. The second-order valence-electron chi connectivity index (χ2n) is 7.89. The molecule has 1 aliphatic heterocycles. The third-order valence-electron chi connectivity index (χ3n) is 5.37. The SMILES string of the molecule is CCOC(=O)CNCc1cccc(C(=O)c2cccc(C(=O)NCc3ccc4c(c3)OCO4)c2)c1. The molecule has 0 aliphatic carbocycles. The van der Waals surface area contributed by atoms with Gasteiger partial charge in [-0.3, -0.25) is 14.4 Å². The maximum atomic E-state index is 13.1. The van der Waals surface area contributed by atoms with Gasteiger partial charge >= 0.3 is 5.97 Å². The minimum absolute atomic E-state index is 0.0927. The van der Waals surface area contributed by atoms with E-state index in [1.165, 1.54) is 0 Å². The number of ether oxygens (including phenoxy) is 3. The van der Waals surface area contributed by atoms with E-state index in [0.717, 1.165) is 11.1 Å². The molecule has 8 heteroatoms. The van der Waals surface area contributed by atoms with Gasteiger partial charge in [-0.2, -0.15) is 0 Å². The van der Waals surface area contributed by atoms with E-state index in [1.807, 2.05) is 24.3 Å². The first-order chi connectivity index (χ1) is 17.0. The highest BCUT2D eigenvalue weighted by Gasteiger charge is 2.15. The van der Waals surface area contributed by atoms with E-state index in [0.29, 0.717) is 47.9 Å². The second-order valence-corrected chi connectivity index (χ2v) is 7.89. The van der Waals surface area contributed by atoms with E-state index >= 15 is 0 Å². The number of rotatable bonds is 10. The third-order valence-corrected chi connectivity index (χ3v) is 5.37. The average Bonchev–Trinajstić information content (AvgIpc) is 3.35. The van der Waals surface area contributed by atoms with Crippen LogP contribution in [0.4, 0.5) is 0 Å². The van der Waals surface area contributed by atoms with Gasteiger partial charge in [-0.25, -0.2) is 0 Å². The Morgan fingerprint density at radius 2 is 1.54 bits per heavy atom. The first kappa shape index (κ1) is 24.0. The summed E-state index contributed by atoms with van der Waals surface area (Å²) in [4.78, 5) is 37.3. The van der Waals surface area contributed by atoms with E-state index in [9.17, 15) is 14.4 Å². The molecule has 0 saturated heterocycles. The van der Waals surface area contributed by atoms with E-state index in [1.54, 1.807) is 49.4 Å². The van der Waals surface area contributed by atoms with Crippen molar-refractivity contribution in [1.29, 1.82) is 0 Å². The van der Waals surface area contributed by atoms with Gasteiger partial charge in [0.1, 0.15) is 0 Å². The topological polar surface area (TPSA) is 103 Å². The fourth-order valence-electron chi connectivity index (χ4n) is 3.65. The van der Waals surface area contributed by atoms with Gasteiger partial charge in [0.25, 0.3) is 5.91 Å². The molecule has 180 valence electrons. The maximum Gasteiger partial charge on any atom is 0.319 e. The molecule has 0 atom stereocenters. The van der Waals surface area contributed by atoms with Crippen LogP contribution in [-0.4, -0.2) is 37.6 Å². The summed E-state index contributed by atoms with van der Waals surface area (Å²) in [5.74, 6) is 0.540. The van der Waals surface area contributed by atoms with Gasteiger partial charge in [0.05, 0.1) is 13.2 Å². The van der Waals surface area contributed by atoms with Gasteiger partial charge in [-0.05, 0) is 48.4 Å². The Labute approximate surface area is 203 Å². The average molecular weight is 475 g/mol. The lowest BCUT2D eigenvalue weighted by Gasteiger charge is -2.09. The number of esters is 1. The molecule has 0 aromatic heterocycles. The summed E-state index contributed by atoms with van der Waals surface area (Å²) < 4.78 is 15.6. The smallest absolute Gasteiger partial charge is 0.319 e. The van der Waals surface area contributed by atoms with Crippen molar-refractivity contribution in [2.75, 3.05) is 19.9 Å². The van der Waals surface area contributed by atoms with Crippen LogP contribution in [0.3, 0.4) is 0 Å². The number of carbonyl (C=O) groups is 3. The van der Waals surface area contributed by atoms with Gasteiger partial charge < -0.3 is 24.8 Å². The van der Waals surface area contributed by atoms with Crippen molar-refractivity contribution in [1.82, 2.24) is 10.6 Å². The van der Waals surface area contributed by atoms with Crippen molar-refractivity contribution < 1.29 is 28.6 Å². The maximum absolute atomic E-state index is 13.1. The summed E-state index contributed by atoms with van der Waals surface area (Å²) >= 11 is 0. The molecule has 4 rings (SSSR count). The van der Waals surface area contributed by atoms with Crippen LogP contribution in [0, 0.1) is 0 Å². The highest BCUT2D eigenvalue weighted by Crippen LogP contribution is 2.32. The van der Waals surface area contributed by atoms with Crippen LogP contribution in [0.2, 0.25) is 0 Å². The zero-order valence-corrected chi connectivity index (χ0v) is 19.3. The second kappa shape index (κ2) is 11.3. The Balaban J connectivity index is 1.37. The fourth-order valence-corrected chi connectivity index (χ4v) is 3.65. The Bertz CT molecular complexity index is 1240. The van der Waals surface area contributed by atoms with Crippen molar-refractivity contribution in [2.45, 2.75) is 20.0 Å². The van der Waals surface area contributed by atoms with Crippen molar-refractivity contribution in [3.05, 3.63) is 94.5 Å².